The zero-order valence-corrected chi connectivity index (χ0v) is 9.09. The molecule has 1 rings (SSSR count). The molecular formula is C12H16FNO. The van der Waals surface area contributed by atoms with E-state index in [0.29, 0.717) is 18.5 Å². The number of carbonyl (C=O) groups excluding carboxylic acids is 1. The van der Waals surface area contributed by atoms with Crippen LogP contribution in [0.25, 0.3) is 0 Å². The van der Waals surface area contributed by atoms with E-state index in [2.05, 4.69) is 5.32 Å². The highest BCUT2D eigenvalue weighted by atomic mass is 19.1. The van der Waals surface area contributed by atoms with Crippen molar-refractivity contribution >= 4 is 5.91 Å². The Balaban J connectivity index is 2.38. The maximum atomic E-state index is 13.2. The summed E-state index contributed by atoms with van der Waals surface area (Å²) in [5.74, 6) is -0.228. The topological polar surface area (TPSA) is 29.1 Å². The lowest BCUT2D eigenvalue weighted by Crippen LogP contribution is -2.29. The van der Waals surface area contributed by atoms with Crippen LogP contribution in [-0.2, 0) is 11.2 Å². The first kappa shape index (κ1) is 11.7. The van der Waals surface area contributed by atoms with E-state index >= 15 is 0 Å². The first-order valence-corrected chi connectivity index (χ1v) is 5.12. The van der Waals surface area contributed by atoms with E-state index in [1.54, 1.807) is 18.2 Å². The lowest BCUT2D eigenvalue weighted by Gasteiger charge is -2.07. The summed E-state index contributed by atoms with van der Waals surface area (Å²) in [5, 5.41) is 2.75. The Bertz CT molecular complexity index is 336. The van der Waals surface area contributed by atoms with Crippen LogP contribution in [-0.4, -0.2) is 12.5 Å². The van der Waals surface area contributed by atoms with Crippen LogP contribution in [0.3, 0.4) is 0 Å². The molecule has 0 aromatic heterocycles. The van der Waals surface area contributed by atoms with E-state index in [0.717, 1.165) is 0 Å². The molecule has 0 spiro atoms. The molecule has 1 aromatic carbocycles. The van der Waals surface area contributed by atoms with Crippen molar-refractivity contribution < 1.29 is 9.18 Å². The van der Waals surface area contributed by atoms with Gasteiger partial charge in [0.2, 0.25) is 5.91 Å². The van der Waals surface area contributed by atoms with E-state index in [-0.39, 0.29) is 17.6 Å². The van der Waals surface area contributed by atoms with Crippen molar-refractivity contribution in [3.05, 3.63) is 35.6 Å². The van der Waals surface area contributed by atoms with Crippen LogP contribution >= 0.6 is 0 Å². The molecule has 0 atom stereocenters. The van der Waals surface area contributed by atoms with Crippen molar-refractivity contribution in [1.82, 2.24) is 5.32 Å². The summed E-state index contributed by atoms with van der Waals surface area (Å²) in [4.78, 5) is 11.2. The minimum absolute atomic E-state index is 0.00587. The molecule has 82 valence electrons. The van der Waals surface area contributed by atoms with Crippen molar-refractivity contribution in [2.24, 2.45) is 5.92 Å². The van der Waals surface area contributed by atoms with Crippen molar-refractivity contribution in [1.29, 1.82) is 0 Å². The van der Waals surface area contributed by atoms with Crippen molar-refractivity contribution in [2.45, 2.75) is 20.3 Å². The molecule has 0 bridgehead atoms. The van der Waals surface area contributed by atoms with Crippen LogP contribution in [0.2, 0.25) is 0 Å². The van der Waals surface area contributed by atoms with Crippen LogP contribution in [0.1, 0.15) is 19.4 Å². The second-order valence-electron chi connectivity index (χ2n) is 3.79. The molecule has 1 N–H and O–H groups in total. The molecule has 1 amide bonds. The molecule has 0 aliphatic heterocycles. The number of nitrogens with one attached hydrogen (secondary N) is 1. The molecule has 0 heterocycles. The summed E-state index contributed by atoms with van der Waals surface area (Å²) in [6.07, 6.45) is 0.533. The first-order chi connectivity index (χ1) is 7.11. The summed E-state index contributed by atoms with van der Waals surface area (Å²) in [7, 11) is 0. The normalized spacial score (nSPS) is 10.4. The lowest BCUT2D eigenvalue weighted by atomic mass is 10.1. The van der Waals surface area contributed by atoms with Crippen molar-refractivity contribution in [3.8, 4) is 0 Å². The highest BCUT2D eigenvalue weighted by Crippen LogP contribution is 2.06. The SMILES string of the molecule is CC(C)C(=O)NCCc1ccccc1F. The molecule has 0 aliphatic rings. The largest absolute Gasteiger partial charge is 0.356 e. The Morgan fingerprint density at radius 1 is 1.40 bits per heavy atom. The highest BCUT2D eigenvalue weighted by Gasteiger charge is 2.06. The molecule has 0 radical (unpaired) electrons. The second kappa shape index (κ2) is 5.49. The van der Waals surface area contributed by atoms with E-state index in [9.17, 15) is 9.18 Å². The van der Waals surface area contributed by atoms with Crippen LogP contribution < -0.4 is 5.32 Å². The molecule has 15 heavy (non-hydrogen) atoms. The number of hydrogen-bond donors (Lipinski definition) is 1. The van der Waals surface area contributed by atoms with Gasteiger partial charge in [0.15, 0.2) is 0 Å². The van der Waals surface area contributed by atoms with Gasteiger partial charge < -0.3 is 5.32 Å². The van der Waals surface area contributed by atoms with Crippen LogP contribution in [0.15, 0.2) is 24.3 Å². The monoisotopic (exact) mass is 209 g/mol. The van der Waals surface area contributed by atoms with Crippen molar-refractivity contribution in [3.63, 3.8) is 0 Å². The Hall–Kier alpha value is -1.38. The standard InChI is InChI=1S/C12H16FNO/c1-9(2)12(15)14-8-7-10-5-3-4-6-11(10)13/h3-6,9H,7-8H2,1-2H3,(H,14,15). The van der Waals surface area contributed by atoms with Crippen molar-refractivity contribution in [2.75, 3.05) is 6.54 Å². The highest BCUT2D eigenvalue weighted by molar-refractivity contribution is 5.77. The average Bonchev–Trinajstić information content (AvgIpc) is 2.20. The molecule has 2 nitrogen and oxygen atoms in total. The Morgan fingerprint density at radius 2 is 2.07 bits per heavy atom. The maximum Gasteiger partial charge on any atom is 0.222 e. The van der Waals surface area contributed by atoms with Gasteiger partial charge in [0.1, 0.15) is 5.82 Å². The third-order valence-corrected chi connectivity index (χ3v) is 2.18. The average molecular weight is 209 g/mol. The van der Waals surface area contributed by atoms with Gasteiger partial charge in [-0.2, -0.15) is 0 Å². The predicted octanol–water partition coefficient (Wildman–Crippen LogP) is 2.14. The number of benzene rings is 1. The first-order valence-electron chi connectivity index (χ1n) is 5.12. The van der Waals surface area contributed by atoms with E-state index < -0.39 is 0 Å². The van der Waals surface area contributed by atoms with Gasteiger partial charge in [-0.3, -0.25) is 4.79 Å². The maximum absolute atomic E-state index is 13.2. The fraction of sp³-hybridized carbons (Fsp3) is 0.417. The Morgan fingerprint density at radius 3 is 2.67 bits per heavy atom. The number of hydrogen-bond acceptors (Lipinski definition) is 1. The van der Waals surface area contributed by atoms with E-state index in [1.165, 1.54) is 6.07 Å². The summed E-state index contributed by atoms with van der Waals surface area (Å²) in [6, 6.07) is 6.62. The molecule has 0 saturated carbocycles. The number of rotatable bonds is 4. The summed E-state index contributed by atoms with van der Waals surface area (Å²) < 4.78 is 13.2. The van der Waals surface area contributed by atoms with E-state index in [4.69, 9.17) is 0 Å². The molecule has 0 aliphatic carbocycles. The predicted molar refractivity (Wildman–Crippen MR) is 58.0 cm³/mol. The summed E-state index contributed by atoms with van der Waals surface area (Å²) >= 11 is 0. The third kappa shape index (κ3) is 3.70. The fourth-order valence-corrected chi connectivity index (χ4v) is 1.23. The van der Waals surface area contributed by atoms with Crippen LogP contribution in [0.5, 0.6) is 0 Å². The smallest absolute Gasteiger partial charge is 0.222 e. The minimum Gasteiger partial charge on any atom is -0.356 e. The van der Waals surface area contributed by atoms with Gasteiger partial charge in [0, 0.05) is 12.5 Å². The molecule has 1 aromatic rings. The minimum atomic E-state index is -0.212. The Labute approximate surface area is 89.5 Å². The number of halogens is 1. The quantitative estimate of drug-likeness (QED) is 0.808. The Kier molecular flexibility index (Phi) is 4.28. The molecule has 0 fully saturated rings. The molecule has 0 saturated heterocycles. The van der Waals surface area contributed by atoms with Gasteiger partial charge in [0.05, 0.1) is 0 Å². The second-order valence-corrected chi connectivity index (χ2v) is 3.79. The molecule has 0 unspecified atom stereocenters. The fourth-order valence-electron chi connectivity index (χ4n) is 1.23. The van der Waals surface area contributed by atoms with Crippen LogP contribution in [0, 0.1) is 11.7 Å². The van der Waals surface area contributed by atoms with Gasteiger partial charge in [-0.25, -0.2) is 4.39 Å². The van der Waals surface area contributed by atoms with Gasteiger partial charge in [-0.1, -0.05) is 32.0 Å². The molecule has 3 heteroatoms. The van der Waals surface area contributed by atoms with E-state index in [1.807, 2.05) is 13.8 Å². The van der Waals surface area contributed by atoms with Gasteiger partial charge in [-0.15, -0.1) is 0 Å². The van der Waals surface area contributed by atoms with Gasteiger partial charge in [0.25, 0.3) is 0 Å². The zero-order valence-electron chi connectivity index (χ0n) is 9.09. The van der Waals surface area contributed by atoms with Gasteiger partial charge in [-0.05, 0) is 18.1 Å². The van der Waals surface area contributed by atoms with Gasteiger partial charge >= 0.3 is 0 Å². The zero-order chi connectivity index (χ0) is 11.3. The lowest BCUT2D eigenvalue weighted by molar-refractivity contribution is -0.123. The number of carbonyl (C=O) groups is 1. The number of amides is 1. The third-order valence-electron chi connectivity index (χ3n) is 2.18. The summed E-state index contributed by atoms with van der Waals surface area (Å²) in [6.45, 7) is 4.15. The van der Waals surface area contributed by atoms with Crippen LogP contribution in [0.4, 0.5) is 4.39 Å². The summed E-state index contributed by atoms with van der Waals surface area (Å²) in [5.41, 5.74) is 0.640. The molecular weight excluding hydrogens is 193 g/mol.